The molecule has 0 aromatic carbocycles. The van der Waals surface area contributed by atoms with E-state index in [2.05, 4.69) is 30.3 Å². The minimum Gasteiger partial charge on any atom is -0.242 e. The highest BCUT2D eigenvalue weighted by atomic mass is 35.5. The molecule has 0 amide bonds. The quantitative estimate of drug-likeness (QED) is 0.701. The Balaban J connectivity index is 2.84. The lowest BCUT2D eigenvalue weighted by Gasteiger charge is -2.05. The van der Waals surface area contributed by atoms with Crippen LogP contribution in [-0.4, -0.2) is 10.9 Å². The van der Waals surface area contributed by atoms with Crippen molar-refractivity contribution in [2.45, 2.75) is 20.8 Å². The van der Waals surface area contributed by atoms with Crippen molar-refractivity contribution in [2.24, 2.45) is 5.92 Å². The van der Waals surface area contributed by atoms with Crippen LogP contribution in [0, 0.1) is 12.8 Å². The average Bonchev–Trinajstić information content (AvgIpc) is 2.46. The summed E-state index contributed by atoms with van der Waals surface area (Å²) in [4.78, 5) is 4.36. The fraction of sp³-hybridized carbons (Fsp3) is 0.500. The number of aromatic nitrogens is 1. The highest BCUT2D eigenvalue weighted by Gasteiger charge is 2.03. The monoisotopic (exact) mass is 215 g/mol. The van der Waals surface area contributed by atoms with Crippen molar-refractivity contribution >= 4 is 29.0 Å². The van der Waals surface area contributed by atoms with Gasteiger partial charge in [0.15, 0.2) is 0 Å². The van der Waals surface area contributed by atoms with Gasteiger partial charge in [-0.25, -0.2) is 4.98 Å². The summed E-state index contributed by atoms with van der Waals surface area (Å²) in [6.45, 7) is 6.30. The highest BCUT2D eigenvalue weighted by molar-refractivity contribution is 7.09. The minimum absolute atomic E-state index is 0.500. The van der Waals surface area contributed by atoms with E-state index in [-0.39, 0.29) is 0 Å². The standard InChI is InChI=1S/C10H14ClNS/c1-7(2)9(5-11)4-10-6-13-8(3)12-10/h4,6-7H,5H2,1-3H3/b9-4-. The average molecular weight is 216 g/mol. The molecule has 0 unspecified atom stereocenters. The number of alkyl halides is 1. The molecule has 0 bridgehead atoms. The van der Waals surface area contributed by atoms with Crippen molar-refractivity contribution in [2.75, 3.05) is 5.88 Å². The van der Waals surface area contributed by atoms with Crippen LogP contribution in [0.25, 0.3) is 6.08 Å². The highest BCUT2D eigenvalue weighted by Crippen LogP contribution is 2.17. The molecule has 72 valence electrons. The Bertz CT molecular complexity index is 302. The predicted molar refractivity (Wildman–Crippen MR) is 60.4 cm³/mol. The van der Waals surface area contributed by atoms with Gasteiger partial charge >= 0.3 is 0 Å². The van der Waals surface area contributed by atoms with Crippen LogP contribution in [0.1, 0.15) is 24.5 Å². The van der Waals surface area contributed by atoms with Gasteiger partial charge in [0.1, 0.15) is 0 Å². The van der Waals surface area contributed by atoms with Crippen molar-refractivity contribution < 1.29 is 0 Å². The molecule has 0 atom stereocenters. The Morgan fingerprint density at radius 3 is 2.77 bits per heavy atom. The lowest BCUT2D eigenvalue weighted by Crippen LogP contribution is -1.95. The number of aryl methyl sites for hydroxylation is 1. The number of rotatable bonds is 3. The number of allylic oxidation sites excluding steroid dienone is 1. The number of thiazole rings is 1. The Hall–Kier alpha value is -0.340. The predicted octanol–water partition coefficient (Wildman–Crippen LogP) is 3.73. The maximum absolute atomic E-state index is 5.83. The molecule has 0 saturated heterocycles. The second kappa shape index (κ2) is 4.77. The van der Waals surface area contributed by atoms with Crippen LogP contribution >= 0.6 is 22.9 Å². The zero-order valence-corrected chi connectivity index (χ0v) is 9.75. The summed E-state index contributed by atoms with van der Waals surface area (Å²) in [7, 11) is 0. The molecule has 3 heteroatoms. The summed E-state index contributed by atoms with van der Waals surface area (Å²) in [6, 6.07) is 0. The van der Waals surface area contributed by atoms with Gasteiger partial charge in [0.2, 0.25) is 0 Å². The van der Waals surface area contributed by atoms with E-state index in [1.54, 1.807) is 11.3 Å². The number of hydrogen-bond acceptors (Lipinski definition) is 2. The first-order valence-electron chi connectivity index (χ1n) is 4.32. The van der Waals surface area contributed by atoms with E-state index < -0.39 is 0 Å². The second-order valence-corrected chi connectivity index (χ2v) is 4.63. The molecule has 0 aliphatic heterocycles. The SMILES string of the molecule is Cc1nc(/C=C(/CCl)C(C)C)cs1. The molecule has 1 aromatic rings. The molecule has 0 radical (unpaired) electrons. The van der Waals surface area contributed by atoms with Crippen LogP contribution in [-0.2, 0) is 0 Å². The smallest absolute Gasteiger partial charge is 0.0901 e. The fourth-order valence-corrected chi connectivity index (χ4v) is 1.95. The first kappa shape index (κ1) is 10.7. The molecule has 1 aromatic heterocycles. The number of halogens is 1. The zero-order chi connectivity index (χ0) is 9.84. The van der Waals surface area contributed by atoms with E-state index in [9.17, 15) is 0 Å². The molecule has 0 aliphatic rings. The van der Waals surface area contributed by atoms with Gasteiger partial charge in [0.05, 0.1) is 10.7 Å². The third-order valence-corrected chi connectivity index (χ3v) is 2.97. The third kappa shape index (κ3) is 3.12. The Labute approximate surface area is 88.5 Å². The van der Waals surface area contributed by atoms with Crippen LogP contribution in [0.3, 0.4) is 0 Å². The number of nitrogens with zero attached hydrogens (tertiary/aromatic N) is 1. The third-order valence-electron chi connectivity index (χ3n) is 1.87. The lowest BCUT2D eigenvalue weighted by atomic mass is 10.0. The largest absolute Gasteiger partial charge is 0.242 e. The van der Waals surface area contributed by atoms with E-state index in [0.29, 0.717) is 11.8 Å². The lowest BCUT2D eigenvalue weighted by molar-refractivity contribution is 0.777. The summed E-state index contributed by atoms with van der Waals surface area (Å²) in [5.74, 6) is 1.09. The van der Waals surface area contributed by atoms with E-state index >= 15 is 0 Å². The van der Waals surface area contributed by atoms with Gasteiger partial charge in [0, 0.05) is 11.3 Å². The van der Waals surface area contributed by atoms with Crippen molar-refractivity contribution in [1.82, 2.24) is 4.98 Å². The van der Waals surface area contributed by atoms with Crippen LogP contribution in [0.4, 0.5) is 0 Å². The van der Waals surface area contributed by atoms with E-state index in [1.165, 1.54) is 5.57 Å². The molecule has 1 heterocycles. The van der Waals surface area contributed by atoms with Gasteiger partial charge in [-0.1, -0.05) is 19.4 Å². The molecule has 0 N–H and O–H groups in total. The molecular weight excluding hydrogens is 202 g/mol. The van der Waals surface area contributed by atoms with Crippen molar-refractivity contribution in [3.63, 3.8) is 0 Å². The van der Waals surface area contributed by atoms with E-state index in [1.807, 2.05) is 6.92 Å². The van der Waals surface area contributed by atoms with Gasteiger partial charge < -0.3 is 0 Å². The molecule has 13 heavy (non-hydrogen) atoms. The Morgan fingerprint density at radius 1 is 1.69 bits per heavy atom. The fourth-order valence-electron chi connectivity index (χ4n) is 0.996. The summed E-state index contributed by atoms with van der Waals surface area (Å²) < 4.78 is 0. The molecule has 0 saturated carbocycles. The first-order valence-corrected chi connectivity index (χ1v) is 5.73. The molecule has 0 aliphatic carbocycles. The summed E-state index contributed by atoms with van der Waals surface area (Å²) in [5, 5.41) is 3.16. The zero-order valence-electron chi connectivity index (χ0n) is 8.17. The van der Waals surface area contributed by atoms with Crippen molar-refractivity contribution in [3.8, 4) is 0 Å². The van der Waals surface area contributed by atoms with Crippen LogP contribution in [0.2, 0.25) is 0 Å². The summed E-state index contributed by atoms with van der Waals surface area (Å²) in [6.07, 6.45) is 2.08. The first-order chi connectivity index (χ1) is 6.13. The Kier molecular flexibility index (Phi) is 3.94. The minimum atomic E-state index is 0.500. The number of hydrogen-bond donors (Lipinski definition) is 0. The van der Waals surface area contributed by atoms with Gasteiger partial charge in [-0.15, -0.1) is 22.9 Å². The second-order valence-electron chi connectivity index (χ2n) is 3.30. The molecule has 1 nitrogen and oxygen atoms in total. The van der Waals surface area contributed by atoms with E-state index in [4.69, 9.17) is 11.6 Å². The molecule has 1 rings (SSSR count). The van der Waals surface area contributed by atoms with Crippen LogP contribution in [0.15, 0.2) is 11.0 Å². The van der Waals surface area contributed by atoms with Gasteiger partial charge in [-0.05, 0) is 18.9 Å². The molecule has 0 fully saturated rings. The summed E-state index contributed by atoms with van der Waals surface area (Å²) >= 11 is 7.50. The van der Waals surface area contributed by atoms with Gasteiger partial charge in [-0.3, -0.25) is 0 Å². The van der Waals surface area contributed by atoms with Crippen LogP contribution < -0.4 is 0 Å². The maximum Gasteiger partial charge on any atom is 0.0901 e. The summed E-state index contributed by atoms with van der Waals surface area (Å²) in [5.41, 5.74) is 2.28. The van der Waals surface area contributed by atoms with Crippen LogP contribution in [0.5, 0.6) is 0 Å². The molecule has 0 spiro atoms. The van der Waals surface area contributed by atoms with Crippen molar-refractivity contribution in [3.05, 3.63) is 21.7 Å². The normalized spacial score (nSPS) is 12.5. The van der Waals surface area contributed by atoms with Gasteiger partial charge in [-0.2, -0.15) is 0 Å². The Morgan fingerprint density at radius 2 is 2.38 bits per heavy atom. The maximum atomic E-state index is 5.83. The van der Waals surface area contributed by atoms with E-state index in [0.717, 1.165) is 10.7 Å². The molecular formula is C10H14ClNS. The topological polar surface area (TPSA) is 12.9 Å². The van der Waals surface area contributed by atoms with Gasteiger partial charge in [0.25, 0.3) is 0 Å². The van der Waals surface area contributed by atoms with Crippen molar-refractivity contribution in [1.29, 1.82) is 0 Å².